The SMILES string of the molecule is Cc1ccc(N(C)CCNC(=S)Nc2ccccc2F)cc1. The number of para-hydroxylation sites is 1. The van der Waals surface area contributed by atoms with Crippen LogP contribution in [0, 0.1) is 12.7 Å². The Kier molecular flexibility index (Phi) is 5.72. The van der Waals surface area contributed by atoms with E-state index in [1.807, 2.05) is 7.05 Å². The third-order valence-electron chi connectivity index (χ3n) is 3.33. The summed E-state index contributed by atoms with van der Waals surface area (Å²) in [4.78, 5) is 2.14. The molecule has 0 aliphatic carbocycles. The van der Waals surface area contributed by atoms with Crippen LogP contribution < -0.4 is 15.5 Å². The van der Waals surface area contributed by atoms with Crippen LogP contribution in [0.1, 0.15) is 5.56 Å². The average molecular weight is 317 g/mol. The normalized spacial score (nSPS) is 10.1. The quantitative estimate of drug-likeness (QED) is 0.825. The summed E-state index contributed by atoms with van der Waals surface area (Å²) in [6, 6.07) is 14.8. The number of hydrogen-bond donors (Lipinski definition) is 2. The molecule has 0 aromatic heterocycles. The van der Waals surface area contributed by atoms with Gasteiger partial charge in [-0.25, -0.2) is 4.39 Å². The summed E-state index contributed by atoms with van der Waals surface area (Å²) in [5.74, 6) is -0.316. The number of anilines is 2. The number of nitrogens with one attached hydrogen (secondary N) is 2. The van der Waals surface area contributed by atoms with Gasteiger partial charge >= 0.3 is 0 Å². The van der Waals surface area contributed by atoms with Gasteiger partial charge in [-0.15, -0.1) is 0 Å². The second kappa shape index (κ2) is 7.75. The molecule has 0 fully saturated rings. The second-order valence-corrected chi connectivity index (χ2v) is 5.53. The zero-order chi connectivity index (χ0) is 15.9. The number of aryl methyl sites for hydroxylation is 1. The molecule has 2 N–H and O–H groups in total. The third kappa shape index (κ3) is 4.70. The zero-order valence-corrected chi connectivity index (χ0v) is 13.6. The molecule has 0 spiro atoms. The molecular formula is C17H20FN3S. The Balaban J connectivity index is 1.77. The van der Waals surface area contributed by atoms with Gasteiger partial charge in [0.15, 0.2) is 5.11 Å². The Morgan fingerprint density at radius 2 is 1.82 bits per heavy atom. The lowest BCUT2D eigenvalue weighted by molar-refractivity contribution is 0.632. The number of likely N-dealkylation sites (N-methyl/N-ethyl adjacent to an activating group) is 1. The Bertz CT molecular complexity index is 628. The Morgan fingerprint density at radius 1 is 1.14 bits per heavy atom. The van der Waals surface area contributed by atoms with Gasteiger partial charge in [0, 0.05) is 25.8 Å². The maximum atomic E-state index is 13.5. The predicted octanol–water partition coefficient (Wildman–Crippen LogP) is 3.56. The molecule has 0 saturated heterocycles. The molecule has 0 atom stereocenters. The molecule has 0 bridgehead atoms. The third-order valence-corrected chi connectivity index (χ3v) is 3.58. The minimum atomic E-state index is -0.316. The first-order valence-electron chi connectivity index (χ1n) is 7.13. The molecule has 0 saturated carbocycles. The molecule has 22 heavy (non-hydrogen) atoms. The summed E-state index contributed by atoms with van der Waals surface area (Å²) in [6.45, 7) is 3.53. The highest BCUT2D eigenvalue weighted by molar-refractivity contribution is 7.80. The summed E-state index contributed by atoms with van der Waals surface area (Å²) in [5, 5.41) is 6.36. The first-order chi connectivity index (χ1) is 10.6. The van der Waals surface area contributed by atoms with Gasteiger partial charge in [-0.2, -0.15) is 0 Å². The molecule has 116 valence electrons. The summed E-state index contributed by atoms with van der Waals surface area (Å²) >= 11 is 5.17. The van der Waals surface area contributed by atoms with Crippen molar-refractivity contribution in [1.29, 1.82) is 0 Å². The van der Waals surface area contributed by atoms with Crippen LogP contribution in [0.15, 0.2) is 48.5 Å². The lowest BCUT2D eigenvalue weighted by Gasteiger charge is -2.20. The maximum absolute atomic E-state index is 13.5. The Labute approximate surface area is 136 Å². The van der Waals surface area contributed by atoms with Crippen molar-refractivity contribution in [2.75, 3.05) is 30.4 Å². The van der Waals surface area contributed by atoms with E-state index in [4.69, 9.17) is 12.2 Å². The minimum absolute atomic E-state index is 0.316. The van der Waals surface area contributed by atoms with Crippen LogP contribution >= 0.6 is 12.2 Å². The van der Waals surface area contributed by atoms with Gasteiger partial charge in [-0.3, -0.25) is 0 Å². The fourth-order valence-corrected chi connectivity index (χ4v) is 2.21. The van der Waals surface area contributed by atoms with Crippen LogP contribution in [0.25, 0.3) is 0 Å². The van der Waals surface area contributed by atoms with Crippen LogP contribution in [0.2, 0.25) is 0 Å². The van der Waals surface area contributed by atoms with Crippen LogP contribution in [0.3, 0.4) is 0 Å². The largest absolute Gasteiger partial charge is 0.373 e. The molecule has 0 aliphatic rings. The zero-order valence-electron chi connectivity index (χ0n) is 12.8. The van der Waals surface area contributed by atoms with Crippen LogP contribution in [0.4, 0.5) is 15.8 Å². The molecule has 3 nitrogen and oxygen atoms in total. The van der Waals surface area contributed by atoms with Crippen LogP contribution in [-0.4, -0.2) is 25.2 Å². The standard InChI is InChI=1S/C17H20FN3S/c1-13-7-9-14(10-8-13)21(2)12-11-19-17(22)20-16-6-4-3-5-15(16)18/h3-10H,11-12H2,1-2H3,(H2,19,20,22). The number of nitrogens with zero attached hydrogens (tertiary/aromatic N) is 1. The van der Waals surface area contributed by atoms with E-state index < -0.39 is 0 Å². The molecule has 0 radical (unpaired) electrons. The van der Waals surface area contributed by atoms with Crippen molar-refractivity contribution >= 4 is 28.7 Å². The number of thiocarbonyl (C=S) groups is 1. The second-order valence-electron chi connectivity index (χ2n) is 5.12. The fourth-order valence-electron chi connectivity index (χ4n) is 1.99. The van der Waals surface area contributed by atoms with E-state index in [1.54, 1.807) is 18.2 Å². The highest BCUT2D eigenvalue weighted by Crippen LogP contribution is 2.13. The van der Waals surface area contributed by atoms with Gasteiger partial charge in [0.1, 0.15) is 5.82 Å². The van der Waals surface area contributed by atoms with Crippen molar-refractivity contribution < 1.29 is 4.39 Å². The van der Waals surface area contributed by atoms with E-state index in [2.05, 4.69) is 46.7 Å². The number of rotatable bonds is 5. The monoisotopic (exact) mass is 317 g/mol. The van der Waals surface area contributed by atoms with Gasteiger partial charge in [0.05, 0.1) is 5.69 Å². The van der Waals surface area contributed by atoms with E-state index in [9.17, 15) is 4.39 Å². The number of halogens is 1. The fraction of sp³-hybridized carbons (Fsp3) is 0.235. The van der Waals surface area contributed by atoms with E-state index in [-0.39, 0.29) is 5.82 Å². The predicted molar refractivity (Wildman–Crippen MR) is 95.1 cm³/mol. The molecular weight excluding hydrogens is 297 g/mol. The highest BCUT2D eigenvalue weighted by Gasteiger charge is 2.04. The van der Waals surface area contributed by atoms with Gasteiger partial charge in [0.25, 0.3) is 0 Å². The molecule has 2 aromatic carbocycles. The minimum Gasteiger partial charge on any atom is -0.373 e. The first-order valence-corrected chi connectivity index (χ1v) is 7.54. The molecule has 2 rings (SSSR count). The van der Waals surface area contributed by atoms with Gasteiger partial charge in [-0.05, 0) is 43.4 Å². The smallest absolute Gasteiger partial charge is 0.170 e. The first kappa shape index (κ1) is 16.2. The highest BCUT2D eigenvalue weighted by atomic mass is 32.1. The van der Waals surface area contributed by atoms with E-state index in [0.717, 1.165) is 12.2 Å². The Morgan fingerprint density at radius 3 is 2.50 bits per heavy atom. The van der Waals surface area contributed by atoms with Crippen molar-refractivity contribution in [3.05, 3.63) is 59.9 Å². The van der Waals surface area contributed by atoms with Gasteiger partial charge in [-0.1, -0.05) is 29.8 Å². The summed E-state index contributed by atoms with van der Waals surface area (Å²) in [5.41, 5.74) is 2.78. The topological polar surface area (TPSA) is 27.3 Å². The van der Waals surface area contributed by atoms with Gasteiger partial charge in [0.2, 0.25) is 0 Å². The summed E-state index contributed by atoms with van der Waals surface area (Å²) in [7, 11) is 2.03. The molecule has 0 aliphatic heterocycles. The molecule has 5 heteroatoms. The van der Waals surface area contributed by atoms with Crippen molar-refractivity contribution in [3.63, 3.8) is 0 Å². The number of benzene rings is 2. The average Bonchev–Trinajstić information content (AvgIpc) is 2.50. The summed E-state index contributed by atoms with van der Waals surface area (Å²) < 4.78 is 13.5. The van der Waals surface area contributed by atoms with Crippen molar-refractivity contribution in [2.45, 2.75) is 6.92 Å². The maximum Gasteiger partial charge on any atom is 0.170 e. The van der Waals surface area contributed by atoms with E-state index >= 15 is 0 Å². The van der Waals surface area contributed by atoms with E-state index in [1.165, 1.54) is 11.6 Å². The van der Waals surface area contributed by atoms with Crippen LogP contribution in [-0.2, 0) is 0 Å². The molecule has 0 unspecified atom stereocenters. The van der Waals surface area contributed by atoms with Gasteiger partial charge < -0.3 is 15.5 Å². The lowest BCUT2D eigenvalue weighted by atomic mass is 10.2. The molecule has 0 amide bonds. The van der Waals surface area contributed by atoms with E-state index in [0.29, 0.717) is 17.3 Å². The van der Waals surface area contributed by atoms with Crippen molar-refractivity contribution in [2.24, 2.45) is 0 Å². The number of hydrogen-bond acceptors (Lipinski definition) is 2. The molecule has 0 heterocycles. The summed E-state index contributed by atoms with van der Waals surface area (Å²) in [6.07, 6.45) is 0. The van der Waals surface area contributed by atoms with Crippen molar-refractivity contribution in [1.82, 2.24) is 5.32 Å². The Hall–Kier alpha value is -2.14. The molecule has 2 aromatic rings. The van der Waals surface area contributed by atoms with Crippen molar-refractivity contribution in [3.8, 4) is 0 Å². The lowest BCUT2D eigenvalue weighted by Crippen LogP contribution is -2.35. The van der Waals surface area contributed by atoms with Crippen LogP contribution in [0.5, 0.6) is 0 Å².